The quantitative estimate of drug-likeness (QED) is 0.540. The Morgan fingerprint density at radius 3 is 2.53 bits per heavy atom. The van der Waals surface area contributed by atoms with Crippen molar-refractivity contribution in [3.05, 3.63) is 52.3 Å². The smallest absolute Gasteiger partial charge is 0.325 e. The zero-order chi connectivity index (χ0) is 21.7. The Kier molecular flexibility index (Phi) is 6.89. The molecule has 3 rings (SSSR count). The third kappa shape index (κ3) is 4.71. The van der Waals surface area contributed by atoms with Gasteiger partial charge in [0, 0.05) is 11.6 Å². The highest BCUT2D eigenvalue weighted by Crippen LogP contribution is 2.25. The molecule has 158 valence electrons. The molecule has 1 amide bonds. The van der Waals surface area contributed by atoms with Crippen molar-refractivity contribution in [2.75, 3.05) is 21.3 Å². The molecule has 0 spiro atoms. The molecule has 0 saturated carbocycles. The molecular formula is C22H24N2O5S. The molecule has 0 saturated heterocycles. The summed E-state index contributed by atoms with van der Waals surface area (Å²) in [5.41, 5.74) is 2.73. The summed E-state index contributed by atoms with van der Waals surface area (Å²) >= 11 is 1.38. The summed E-state index contributed by atoms with van der Waals surface area (Å²) in [7, 11) is 4.45. The maximum absolute atomic E-state index is 12.7. The summed E-state index contributed by atoms with van der Waals surface area (Å²) in [4.78, 5) is 29.4. The standard InChI is InChI=1S/C22H24N2O5S/c1-5-14-6-9-17-19(10-14)30-22(24(17)13-21(26)29-4)23-20(25)11-15-7-8-16(27-2)12-18(15)28-3/h6-10,12H,5,11,13H2,1-4H3. The normalized spacial score (nSPS) is 11.5. The Hall–Kier alpha value is -3.13. The Morgan fingerprint density at radius 1 is 1.07 bits per heavy atom. The van der Waals surface area contributed by atoms with Crippen molar-refractivity contribution in [1.29, 1.82) is 0 Å². The van der Waals surface area contributed by atoms with Crippen molar-refractivity contribution in [2.24, 2.45) is 4.99 Å². The monoisotopic (exact) mass is 428 g/mol. The molecule has 0 unspecified atom stereocenters. The number of hydrogen-bond acceptors (Lipinski definition) is 6. The van der Waals surface area contributed by atoms with E-state index in [-0.39, 0.29) is 18.9 Å². The van der Waals surface area contributed by atoms with E-state index in [0.717, 1.165) is 16.6 Å². The lowest BCUT2D eigenvalue weighted by atomic mass is 10.1. The van der Waals surface area contributed by atoms with Crippen molar-refractivity contribution in [3.63, 3.8) is 0 Å². The van der Waals surface area contributed by atoms with E-state index in [1.54, 1.807) is 37.0 Å². The molecule has 8 heteroatoms. The molecule has 0 aliphatic carbocycles. The molecule has 0 radical (unpaired) electrons. The molecule has 0 aliphatic rings. The maximum Gasteiger partial charge on any atom is 0.325 e. The molecule has 1 heterocycles. The van der Waals surface area contributed by atoms with Crippen LogP contribution in [0.2, 0.25) is 0 Å². The van der Waals surface area contributed by atoms with Crippen LogP contribution in [-0.4, -0.2) is 37.8 Å². The minimum atomic E-state index is -0.403. The van der Waals surface area contributed by atoms with Crippen LogP contribution in [0.5, 0.6) is 11.5 Å². The maximum atomic E-state index is 12.7. The van der Waals surface area contributed by atoms with E-state index >= 15 is 0 Å². The van der Waals surface area contributed by atoms with Gasteiger partial charge in [0.15, 0.2) is 4.80 Å². The van der Waals surface area contributed by atoms with Crippen LogP contribution in [-0.2, 0) is 33.7 Å². The van der Waals surface area contributed by atoms with Crippen LogP contribution in [0.4, 0.5) is 0 Å². The first-order chi connectivity index (χ1) is 14.5. The molecule has 3 aromatic rings. The number of fused-ring (bicyclic) bond motifs is 1. The Bertz CT molecular complexity index is 1150. The highest BCUT2D eigenvalue weighted by molar-refractivity contribution is 7.16. The van der Waals surface area contributed by atoms with Crippen LogP contribution in [0.3, 0.4) is 0 Å². The van der Waals surface area contributed by atoms with Crippen molar-refractivity contribution in [1.82, 2.24) is 4.57 Å². The van der Waals surface area contributed by atoms with Crippen molar-refractivity contribution in [3.8, 4) is 11.5 Å². The third-order valence-electron chi connectivity index (χ3n) is 4.73. The number of aryl methyl sites for hydroxylation is 1. The fourth-order valence-corrected chi connectivity index (χ4v) is 4.19. The Morgan fingerprint density at radius 2 is 1.87 bits per heavy atom. The lowest BCUT2D eigenvalue weighted by Crippen LogP contribution is -2.22. The zero-order valence-electron chi connectivity index (χ0n) is 17.4. The van der Waals surface area contributed by atoms with Crippen LogP contribution in [0.25, 0.3) is 10.2 Å². The summed E-state index contributed by atoms with van der Waals surface area (Å²) in [5, 5.41) is 0. The van der Waals surface area contributed by atoms with Crippen LogP contribution in [0.1, 0.15) is 18.1 Å². The molecule has 0 atom stereocenters. The van der Waals surface area contributed by atoms with Crippen LogP contribution in [0, 0.1) is 0 Å². The highest BCUT2D eigenvalue weighted by Gasteiger charge is 2.14. The van der Waals surface area contributed by atoms with Gasteiger partial charge in [0.05, 0.1) is 38.0 Å². The van der Waals surface area contributed by atoms with E-state index < -0.39 is 5.97 Å². The van der Waals surface area contributed by atoms with Crippen LogP contribution >= 0.6 is 11.3 Å². The van der Waals surface area contributed by atoms with Gasteiger partial charge in [0.1, 0.15) is 18.0 Å². The SMILES string of the molecule is CCc1ccc2c(c1)sc(=NC(=O)Cc1ccc(OC)cc1OC)n2CC(=O)OC. The second-order valence-electron chi connectivity index (χ2n) is 6.56. The van der Waals surface area contributed by atoms with E-state index in [1.165, 1.54) is 24.0 Å². The number of esters is 1. The van der Waals surface area contributed by atoms with Gasteiger partial charge < -0.3 is 18.8 Å². The second-order valence-corrected chi connectivity index (χ2v) is 7.57. The predicted molar refractivity (Wildman–Crippen MR) is 115 cm³/mol. The number of ether oxygens (including phenoxy) is 3. The first-order valence-corrected chi connectivity index (χ1v) is 10.3. The summed E-state index contributed by atoms with van der Waals surface area (Å²) < 4.78 is 18.1. The van der Waals surface area contributed by atoms with Crippen molar-refractivity contribution in [2.45, 2.75) is 26.3 Å². The van der Waals surface area contributed by atoms with Crippen LogP contribution in [0.15, 0.2) is 41.4 Å². The molecular weight excluding hydrogens is 404 g/mol. The molecule has 0 aliphatic heterocycles. The molecule has 30 heavy (non-hydrogen) atoms. The Labute approximate surface area is 178 Å². The van der Waals surface area contributed by atoms with Gasteiger partial charge in [-0.25, -0.2) is 0 Å². The number of amides is 1. The van der Waals surface area contributed by atoms with Crippen LogP contribution < -0.4 is 14.3 Å². The van der Waals surface area contributed by atoms with Gasteiger partial charge >= 0.3 is 5.97 Å². The Balaban J connectivity index is 2.00. The number of benzene rings is 2. The highest BCUT2D eigenvalue weighted by atomic mass is 32.1. The molecule has 7 nitrogen and oxygen atoms in total. The minimum absolute atomic E-state index is 0.0139. The van der Waals surface area contributed by atoms with Crippen molar-refractivity contribution >= 4 is 33.4 Å². The second kappa shape index (κ2) is 9.58. The summed E-state index contributed by atoms with van der Waals surface area (Å²) in [6.45, 7) is 2.06. The molecule has 0 fully saturated rings. The number of aromatic nitrogens is 1. The number of thiazole rings is 1. The number of rotatable bonds is 7. The van der Waals surface area contributed by atoms with Gasteiger partial charge in [-0.1, -0.05) is 30.4 Å². The first kappa shape index (κ1) is 21.6. The molecule has 0 N–H and O–H groups in total. The molecule has 1 aromatic heterocycles. The van der Waals surface area contributed by atoms with E-state index in [9.17, 15) is 9.59 Å². The van der Waals surface area contributed by atoms with Crippen molar-refractivity contribution < 1.29 is 23.8 Å². The summed E-state index contributed by atoms with van der Waals surface area (Å²) in [6.07, 6.45) is 0.966. The predicted octanol–water partition coefficient (Wildman–Crippen LogP) is 3.13. The van der Waals surface area contributed by atoms with E-state index in [0.29, 0.717) is 21.9 Å². The van der Waals surface area contributed by atoms with E-state index in [2.05, 4.69) is 18.0 Å². The van der Waals surface area contributed by atoms with Gasteiger partial charge in [0.2, 0.25) is 0 Å². The molecule has 2 aromatic carbocycles. The fraction of sp³-hybridized carbons (Fsp3) is 0.318. The summed E-state index contributed by atoms with van der Waals surface area (Å²) in [6, 6.07) is 11.3. The topological polar surface area (TPSA) is 79.1 Å². The molecule has 0 bridgehead atoms. The fourth-order valence-electron chi connectivity index (χ4n) is 3.08. The van der Waals surface area contributed by atoms with Gasteiger partial charge in [-0.15, -0.1) is 0 Å². The van der Waals surface area contributed by atoms with Gasteiger partial charge in [-0.05, 0) is 30.2 Å². The van der Waals surface area contributed by atoms with E-state index in [1.807, 2.05) is 12.1 Å². The van der Waals surface area contributed by atoms with E-state index in [4.69, 9.17) is 14.2 Å². The summed E-state index contributed by atoms with van der Waals surface area (Å²) in [5.74, 6) is 0.468. The van der Waals surface area contributed by atoms with Gasteiger partial charge in [-0.2, -0.15) is 4.99 Å². The number of carbonyl (C=O) groups is 2. The van der Waals surface area contributed by atoms with Gasteiger partial charge in [-0.3, -0.25) is 9.59 Å². The zero-order valence-corrected chi connectivity index (χ0v) is 18.2. The third-order valence-corrected chi connectivity index (χ3v) is 5.77. The average molecular weight is 429 g/mol. The number of methoxy groups -OCH3 is 3. The lowest BCUT2D eigenvalue weighted by Gasteiger charge is -2.08. The average Bonchev–Trinajstić information content (AvgIpc) is 3.09. The van der Waals surface area contributed by atoms with Gasteiger partial charge in [0.25, 0.3) is 5.91 Å². The number of hydrogen-bond donors (Lipinski definition) is 0. The minimum Gasteiger partial charge on any atom is -0.497 e. The first-order valence-electron chi connectivity index (χ1n) is 9.46. The number of nitrogens with zero attached hydrogens (tertiary/aromatic N) is 2. The lowest BCUT2D eigenvalue weighted by molar-refractivity contribution is -0.141. The largest absolute Gasteiger partial charge is 0.497 e. The number of carbonyl (C=O) groups excluding carboxylic acids is 2.